The predicted octanol–water partition coefficient (Wildman–Crippen LogP) is 0.498. The van der Waals surface area contributed by atoms with Gasteiger partial charge in [0.1, 0.15) is 0 Å². The molecule has 1 fully saturated rings. The highest BCUT2D eigenvalue weighted by atomic mass is 16.5. The summed E-state index contributed by atoms with van der Waals surface area (Å²) in [5, 5.41) is 13.5. The normalized spacial score (nSPS) is 23.1. The van der Waals surface area contributed by atoms with E-state index in [2.05, 4.69) is 5.10 Å². The number of aromatic nitrogens is 2. The van der Waals surface area contributed by atoms with Crippen molar-refractivity contribution in [2.75, 3.05) is 19.7 Å². The first-order valence-electron chi connectivity index (χ1n) is 7.04. The molecule has 20 heavy (non-hydrogen) atoms. The minimum atomic E-state index is -0.267. The Kier molecular flexibility index (Phi) is 4.77. The third kappa shape index (κ3) is 3.58. The van der Waals surface area contributed by atoms with Crippen molar-refractivity contribution in [3.63, 3.8) is 0 Å². The summed E-state index contributed by atoms with van der Waals surface area (Å²) in [6, 6.07) is 2.00. The Balaban J connectivity index is 1.89. The van der Waals surface area contributed by atoms with Gasteiger partial charge in [0.2, 0.25) is 5.91 Å². The number of hydrogen-bond acceptors (Lipinski definition) is 4. The monoisotopic (exact) mass is 281 g/mol. The van der Waals surface area contributed by atoms with Crippen LogP contribution < -0.4 is 0 Å². The maximum absolute atomic E-state index is 12.2. The molecule has 6 nitrogen and oxygen atoms in total. The van der Waals surface area contributed by atoms with Crippen molar-refractivity contribution < 1.29 is 14.6 Å². The van der Waals surface area contributed by atoms with E-state index in [0.717, 1.165) is 11.4 Å². The van der Waals surface area contributed by atoms with Crippen LogP contribution in [-0.4, -0.2) is 57.6 Å². The molecule has 2 unspecified atom stereocenters. The van der Waals surface area contributed by atoms with Gasteiger partial charge in [0.25, 0.3) is 0 Å². The lowest BCUT2D eigenvalue weighted by Crippen LogP contribution is -2.50. The summed E-state index contributed by atoms with van der Waals surface area (Å²) in [6.45, 7) is 7.45. The lowest BCUT2D eigenvalue weighted by Gasteiger charge is -2.36. The highest BCUT2D eigenvalue weighted by Crippen LogP contribution is 2.12. The highest BCUT2D eigenvalue weighted by molar-refractivity contribution is 5.76. The van der Waals surface area contributed by atoms with Crippen LogP contribution in [0.2, 0.25) is 0 Å². The first-order valence-corrected chi connectivity index (χ1v) is 7.04. The molecule has 1 aromatic rings. The van der Waals surface area contributed by atoms with Crippen molar-refractivity contribution in [2.24, 2.45) is 0 Å². The fourth-order valence-corrected chi connectivity index (χ4v) is 2.61. The van der Waals surface area contributed by atoms with Gasteiger partial charge in [-0.3, -0.25) is 9.48 Å². The number of aliphatic hydroxyl groups excluding tert-OH is 1. The molecule has 1 saturated heterocycles. The topological polar surface area (TPSA) is 67.6 Å². The van der Waals surface area contributed by atoms with Gasteiger partial charge >= 0.3 is 0 Å². The van der Waals surface area contributed by atoms with Gasteiger partial charge in [0.15, 0.2) is 0 Å². The standard InChI is InChI=1S/C14H23N3O3/c1-10-6-11(2)17(15-10)5-4-14(19)16-7-12(3)20-13(8-16)9-18/h6,12-13,18H,4-5,7-9H2,1-3H3. The first kappa shape index (κ1) is 15.0. The van der Waals surface area contributed by atoms with Gasteiger partial charge in [-0.15, -0.1) is 0 Å². The molecular formula is C14H23N3O3. The zero-order valence-corrected chi connectivity index (χ0v) is 12.4. The van der Waals surface area contributed by atoms with Crippen LogP contribution >= 0.6 is 0 Å². The molecule has 2 rings (SSSR count). The Morgan fingerprint density at radius 1 is 1.50 bits per heavy atom. The van der Waals surface area contributed by atoms with E-state index in [0.29, 0.717) is 26.1 Å². The van der Waals surface area contributed by atoms with Crippen LogP contribution in [0.1, 0.15) is 24.7 Å². The molecule has 0 aromatic carbocycles. The van der Waals surface area contributed by atoms with Crippen molar-refractivity contribution in [1.29, 1.82) is 0 Å². The number of amides is 1. The quantitative estimate of drug-likeness (QED) is 0.872. The lowest BCUT2D eigenvalue weighted by molar-refractivity contribution is -0.147. The van der Waals surface area contributed by atoms with Gasteiger partial charge in [-0.25, -0.2) is 0 Å². The maximum Gasteiger partial charge on any atom is 0.224 e. The fraction of sp³-hybridized carbons (Fsp3) is 0.714. The molecule has 1 aliphatic rings. The van der Waals surface area contributed by atoms with E-state index >= 15 is 0 Å². The van der Waals surface area contributed by atoms with E-state index in [4.69, 9.17) is 4.74 Å². The third-order valence-electron chi connectivity index (χ3n) is 3.52. The predicted molar refractivity (Wildman–Crippen MR) is 74.3 cm³/mol. The minimum Gasteiger partial charge on any atom is -0.394 e. The number of ether oxygens (including phenoxy) is 1. The van der Waals surface area contributed by atoms with Crippen LogP contribution in [0, 0.1) is 13.8 Å². The molecule has 0 aliphatic carbocycles. The Labute approximate surface area is 119 Å². The average molecular weight is 281 g/mol. The summed E-state index contributed by atoms with van der Waals surface area (Å²) in [6.07, 6.45) is 0.127. The van der Waals surface area contributed by atoms with Crippen molar-refractivity contribution in [3.8, 4) is 0 Å². The highest BCUT2D eigenvalue weighted by Gasteiger charge is 2.27. The summed E-state index contributed by atoms with van der Waals surface area (Å²) in [4.78, 5) is 14.0. The molecule has 1 aliphatic heterocycles. The molecule has 0 spiro atoms. The molecule has 1 aromatic heterocycles. The summed E-state index contributed by atoms with van der Waals surface area (Å²) in [7, 11) is 0. The molecule has 0 radical (unpaired) electrons. The number of rotatable bonds is 4. The number of carbonyl (C=O) groups is 1. The molecule has 2 atom stereocenters. The van der Waals surface area contributed by atoms with Crippen LogP contribution in [0.3, 0.4) is 0 Å². The Morgan fingerprint density at radius 3 is 2.85 bits per heavy atom. The number of morpholine rings is 1. The maximum atomic E-state index is 12.2. The number of nitrogens with zero attached hydrogens (tertiary/aromatic N) is 3. The molecule has 0 bridgehead atoms. The Hall–Kier alpha value is -1.40. The number of aliphatic hydroxyl groups is 1. The van der Waals surface area contributed by atoms with Crippen molar-refractivity contribution in [2.45, 2.75) is 45.9 Å². The van der Waals surface area contributed by atoms with Gasteiger partial charge in [-0.1, -0.05) is 0 Å². The second-order valence-corrected chi connectivity index (χ2v) is 5.45. The van der Waals surface area contributed by atoms with Crippen molar-refractivity contribution >= 4 is 5.91 Å². The van der Waals surface area contributed by atoms with Crippen LogP contribution in [0.5, 0.6) is 0 Å². The lowest BCUT2D eigenvalue weighted by atomic mass is 10.2. The summed E-state index contributed by atoms with van der Waals surface area (Å²) in [5.41, 5.74) is 2.04. The molecule has 2 heterocycles. The van der Waals surface area contributed by atoms with Gasteiger partial charge in [0.05, 0.1) is 24.5 Å². The van der Waals surface area contributed by atoms with Crippen LogP contribution in [-0.2, 0) is 16.1 Å². The SMILES string of the molecule is Cc1cc(C)n(CCC(=O)N2CC(C)OC(CO)C2)n1. The Morgan fingerprint density at radius 2 is 2.25 bits per heavy atom. The van der Waals surface area contributed by atoms with E-state index < -0.39 is 0 Å². The number of carbonyl (C=O) groups excluding carboxylic acids is 1. The van der Waals surface area contributed by atoms with Crippen molar-refractivity contribution in [3.05, 3.63) is 17.5 Å². The third-order valence-corrected chi connectivity index (χ3v) is 3.52. The molecule has 1 amide bonds. The second-order valence-electron chi connectivity index (χ2n) is 5.45. The van der Waals surface area contributed by atoms with Gasteiger partial charge in [-0.2, -0.15) is 5.10 Å². The van der Waals surface area contributed by atoms with Crippen LogP contribution in [0.15, 0.2) is 6.07 Å². The van der Waals surface area contributed by atoms with Gasteiger partial charge < -0.3 is 14.7 Å². The van der Waals surface area contributed by atoms with E-state index in [-0.39, 0.29) is 24.7 Å². The van der Waals surface area contributed by atoms with E-state index in [1.165, 1.54) is 0 Å². The van der Waals surface area contributed by atoms with E-state index in [9.17, 15) is 9.90 Å². The average Bonchev–Trinajstić information content (AvgIpc) is 2.73. The molecular weight excluding hydrogens is 258 g/mol. The molecule has 6 heteroatoms. The Bertz CT molecular complexity index is 472. The van der Waals surface area contributed by atoms with Gasteiger partial charge in [-0.05, 0) is 26.8 Å². The zero-order chi connectivity index (χ0) is 14.7. The minimum absolute atomic E-state index is 0.0291. The van der Waals surface area contributed by atoms with E-state index in [1.807, 2.05) is 31.5 Å². The summed E-state index contributed by atoms with van der Waals surface area (Å²) >= 11 is 0. The molecule has 1 N–H and O–H groups in total. The van der Waals surface area contributed by atoms with Crippen molar-refractivity contribution in [1.82, 2.24) is 14.7 Å². The largest absolute Gasteiger partial charge is 0.394 e. The van der Waals surface area contributed by atoms with Crippen LogP contribution in [0.25, 0.3) is 0 Å². The first-order chi connectivity index (χ1) is 9.49. The number of hydrogen-bond donors (Lipinski definition) is 1. The fourth-order valence-electron chi connectivity index (χ4n) is 2.61. The zero-order valence-electron chi connectivity index (χ0n) is 12.4. The number of aryl methyl sites for hydroxylation is 3. The summed E-state index contributed by atoms with van der Waals surface area (Å²) < 4.78 is 7.40. The summed E-state index contributed by atoms with van der Waals surface area (Å²) in [5.74, 6) is 0.0890. The molecule has 0 saturated carbocycles. The van der Waals surface area contributed by atoms with Crippen LogP contribution in [0.4, 0.5) is 0 Å². The molecule has 112 valence electrons. The van der Waals surface area contributed by atoms with Gasteiger partial charge in [0, 0.05) is 31.7 Å². The van der Waals surface area contributed by atoms with E-state index in [1.54, 1.807) is 4.90 Å². The smallest absolute Gasteiger partial charge is 0.224 e. The second kappa shape index (κ2) is 6.37.